The molecule has 170 valence electrons. The standard InChI is InChI=1S/C25H32ClN5O/c1-16-8-6-12-30(15-16)13-7-11-27-25(32)20-14-17(2)28-24-23(20)19(4)29-31(24)22-10-5-9-21(26)18(22)3/h5,9-10,14,16H,6-8,11-13,15H2,1-4H3,(H,27,32)/t16-/m1/s1. The Hall–Kier alpha value is -2.44. The van der Waals surface area contributed by atoms with Crippen molar-refractivity contribution in [2.24, 2.45) is 5.92 Å². The van der Waals surface area contributed by atoms with Crippen LogP contribution in [-0.4, -0.2) is 51.8 Å². The quantitative estimate of drug-likeness (QED) is 0.542. The van der Waals surface area contributed by atoms with Crippen molar-refractivity contribution < 1.29 is 4.79 Å². The number of fused-ring (bicyclic) bond motifs is 1. The van der Waals surface area contributed by atoms with E-state index in [2.05, 4.69) is 17.1 Å². The molecule has 3 aromatic rings. The highest BCUT2D eigenvalue weighted by molar-refractivity contribution is 6.31. The molecule has 7 heteroatoms. The number of benzene rings is 1. The Morgan fingerprint density at radius 2 is 2.09 bits per heavy atom. The van der Waals surface area contributed by atoms with Gasteiger partial charge in [-0.05, 0) is 82.8 Å². The summed E-state index contributed by atoms with van der Waals surface area (Å²) < 4.78 is 1.80. The van der Waals surface area contributed by atoms with Crippen LogP contribution in [0.5, 0.6) is 0 Å². The van der Waals surface area contributed by atoms with Gasteiger partial charge in [0.2, 0.25) is 0 Å². The SMILES string of the molecule is Cc1cc(C(=O)NCCCN2CCC[C@@H](C)C2)c2c(C)nn(-c3cccc(Cl)c3C)c2n1. The number of likely N-dealkylation sites (tertiary alicyclic amines) is 1. The van der Waals surface area contributed by atoms with Gasteiger partial charge < -0.3 is 10.2 Å². The van der Waals surface area contributed by atoms with Crippen LogP contribution in [0.4, 0.5) is 0 Å². The van der Waals surface area contributed by atoms with Gasteiger partial charge in [0.1, 0.15) is 0 Å². The van der Waals surface area contributed by atoms with Crippen molar-refractivity contribution in [2.75, 3.05) is 26.2 Å². The Morgan fingerprint density at radius 1 is 1.28 bits per heavy atom. The monoisotopic (exact) mass is 453 g/mol. The van der Waals surface area contributed by atoms with E-state index in [1.165, 1.54) is 25.9 Å². The summed E-state index contributed by atoms with van der Waals surface area (Å²) in [5.41, 5.74) is 4.67. The normalized spacial score (nSPS) is 17.1. The topological polar surface area (TPSA) is 63.1 Å². The highest BCUT2D eigenvalue weighted by atomic mass is 35.5. The molecule has 3 heterocycles. The summed E-state index contributed by atoms with van der Waals surface area (Å²) in [5.74, 6) is 0.701. The largest absolute Gasteiger partial charge is 0.352 e. The van der Waals surface area contributed by atoms with E-state index < -0.39 is 0 Å². The first kappa shape index (κ1) is 22.7. The maximum Gasteiger partial charge on any atom is 0.252 e. The molecule has 1 amide bonds. The molecule has 0 radical (unpaired) electrons. The molecule has 1 saturated heterocycles. The van der Waals surface area contributed by atoms with E-state index in [1.54, 1.807) is 4.68 Å². The molecule has 2 aromatic heterocycles. The van der Waals surface area contributed by atoms with Gasteiger partial charge in [-0.2, -0.15) is 5.10 Å². The third kappa shape index (κ3) is 4.66. The van der Waals surface area contributed by atoms with Crippen molar-refractivity contribution in [1.29, 1.82) is 0 Å². The smallest absolute Gasteiger partial charge is 0.252 e. The number of hydrogen-bond acceptors (Lipinski definition) is 4. The lowest BCUT2D eigenvalue weighted by atomic mass is 10.0. The number of amides is 1. The molecule has 1 fully saturated rings. The van der Waals surface area contributed by atoms with Gasteiger partial charge >= 0.3 is 0 Å². The zero-order chi connectivity index (χ0) is 22.8. The second-order valence-corrected chi connectivity index (χ2v) is 9.46. The van der Waals surface area contributed by atoms with Crippen LogP contribution < -0.4 is 5.32 Å². The first-order valence-electron chi connectivity index (χ1n) is 11.5. The number of pyridine rings is 1. The zero-order valence-electron chi connectivity index (χ0n) is 19.4. The second kappa shape index (κ2) is 9.59. The molecule has 0 unspecified atom stereocenters. The third-order valence-corrected chi connectivity index (χ3v) is 6.74. The van der Waals surface area contributed by atoms with Crippen molar-refractivity contribution in [3.63, 3.8) is 0 Å². The maximum absolute atomic E-state index is 13.1. The summed E-state index contributed by atoms with van der Waals surface area (Å²) in [7, 11) is 0. The van der Waals surface area contributed by atoms with Gasteiger partial charge in [0.25, 0.3) is 5.91 Å². The van der Waals surface area contributed by atoms with Crippen LogP contribution in [0.3, 0.4) is 0 Å². The molecule has 6 nitrogen and oxygen atoms in total. The van der Waals surface area contributed by atoms with Crippen molar-refractivity contribution >= 4 is 28.5 Å². The molecule has 4 rings (SSSR count). The van der Waals surface area contributed by atoms with E-state index in [-0.39, 0.29) is 5.91 Å². The van der Waals surface area contributed by atoms with Gasteiger partial charge in [0.15, 0.2) is 5.65 Å². The van der Waals surface area contributed by atoms with Gasteiger partial charge in [-0.1, -0.05) is 24.6 Å². The lowest BCUT2D eigenvalue weighted by Gasteiger charge is -2.30. The van der Waals surface area contributed by atoms with Crippen molar-refractivity contribution in [3.05, 3.63) is 51.8 Å². The van der Waals surface area contributed by atoms with E-state index in [9.17, 15) is 4.79 Å². The molecule has 1 atom stereocenters. The third-order valence-electron chi connectivity index (χ3n) is 6.33. The Morgan fingerprint density at radius 3 is 2.88 bits per heavy atom. The van der Waals surface area contributed by atoms with Gasteiger partial charge in [0, 0.05) is 23.8 Å². The molecule has 32 heavy (non-hydrogen) atoms. The highest BCUT2D eigenvalue weighted by Crippen LogP contribution is 2.28. The predicted octanol–water partition coefficient (Wildman–Crippen LogP) is 4.85. The predicted molar refractivity (Wildman–Crippen MR) is 130 cm³/mol. The summed E-state index contributed by atoms with van der Waals surface area (Å²) in [6.45, 7) is 12.1. The number of hydrogen-bond donors (Lipinski definition) is 1. The fourth-order valence-electron chi connectivity index (χ4n) is 4.68. The number of nitrogens with one attached hydrogen (secondary N) is 1. The molecular formula is C25H32ClN5O. The van der Waals surface area contributed by atoms with Crippen LogP contribution in [0.15, 0.2) is 24.3 Å². The van der Waals surface area contributed by atoms with Gasteiger partial charge in [0.05, 0.1) is 22.3 Å². The van der Waals surface area contributed by atoms with Crippen LogP contribution in [0.1, 0.15) is 53.5 Å². The molecule has 1 aliphatic heterocycles. The zero-order valence-corrected chi connectivity index (χ0v) is 20.2. The summed E-state index contributed by atoms with van der Waals surface area (Å²) in [5, 5.41) is 9.30. The number of nitrogens with zero attached hydrogens (tertiary/aromatic N) is 4. The fraction of sp³-hybridized carbons (Fsp3) is 0.480. The molecule has 1 aliphatic rings. The summed E-state index contributed by atoms with van der Waals surface area (Å²) >= 11 is 6.34. The van der Waals surface area contributed by atoms with Crippen molar-refractivity contribution in [1.82, 2.24) is 25.0 Å². The minimum absolute atomic E-state index is 0.0713. The molecule has 0 bridgehead atoms. The summed E-state index contributed by atoms with van der Waals surface area (Å²) in [6.07, 6.45) is 3.55. The summed E-state index contributed by atoms with van der Waals surface area (Å²) in [6, 6.07) is 7.59. The average molecular weight is 454 g/mol. The van der Waals surface area contributed by atoms with Crippen LogP contribution in [0.25, 0.3) is 16.7 Å². The highest BCUT2D eigenvalue weighted by Gasteiger charge is 2.21. The number of rotatable bonds is 6. The Kier molecular flexibility index (Phi) is 6.82. The van der Waals surface area contributed by atoms with E-state index in [4.69, 9.17) is 21.7 Å². The Labute approximate surface area is 195 Å². The van der Waals surface area contributed by atoms with Crippen LogP contribution >= 0.6 is 11.6 Å². The minimum Gasteiger partial charge on any atom is -0.352 e. The van der Waals surface area contributed by atoms with Crippen LogP contribution in [-0.2, 0) is 0 Å². The van der Waals surface area contributed by atoms with Crippen molar-refractivity contribution in [3.8, 4) is 5.69 Å². The number of aryl methyl sites for hydroxylation is 2. The molecule has 0 spiro atoms. The van der Waals surface area contributed by atoms with E-state index in [0.29, 0.717) is 22.8 Å². The van der Waals surface area contributed by atoms with Gasteiger partial charge in [-0.3, -0.25) is 4.79 Å². The second-order valence-electron chi connectivity index (χ2n) is 9.05. The maximum atomic E-state index is 13.1. The Bertz CT molecular complexity index is 1140. The molecule has 1 aromatic carbocycles. The first-order chi connectivity index (χ1) is 15.3. The molecule has 0 saturated carbocycles. The Balaban J connectivity index is 1.54. The van der Waals surface area contributed by atoms with Crippen molar-refractivity contribution in [2.45, 2.75) is 47.0 Å². The van der Waals surface area contributed by atoms with E-state index in [0.717, 1.165) is 46.9 Å². The molecule has 1 N–H and O–H groups in total. The van der Waals surface area contributed by atoms with E-state index >= 15 is 0 Å². The van der Waals surface area contributed by atoms with E-state index in [1.807, 2.05) is 45.0 Å². The lowest BCUT2D eigenvalue weighted by Crippen LogP contribution is -2.36. The number of carbonyl (C=O) groups excluding carboxylic acids is 1. The molecule has 0 aliphatic carbocycles. The average Bonchev–Trinajstić information content (AvgIpc) is 3.08. The summed E-state index contributed by atoms with van der Waals surface area (Å²) in [4.78, 5) is 20.4. The minimum atomic E-state index is -0.0713. The molecular weight excluding hydrogens is 422 g/mol. The van der Waals surface area contributed by atoms with Gasteiger partial charge in [-0.25, -0.2) is 9.67 Å². The number of halogens is 1. The van der Waals surface area contributed by atoms with Gasteiger partial charge in [-0.15, -0.1) is 0 Å². The number of carbonyl (C=O) groups is 1. The fourth-order valence-corrected chi connectivity index (χ4v) is 4.85. The van der Waals surface area contributed by atoms with Crippen LogP contribution in [0.2, 0.25) is 5.02 Å². The first-order valence-corrected chi connectivity index (χ1v) is 11.9. The number of piperidine rings is 1. The lowest BCUT2D eigenvalue weighted by molar-refractivity contribution is 0.0951. The number of aromatic nitrogens is 3. The van der Waals surface area contributed by atoms with Crippen LogP contribution in [0, 0.1) is 26.7 Å².